The number of pyridine rings is 1. The van der Waals surface area contributed by atoms with Gasteiger partial charge >= 0.3 is 0 Å². The van der Waals surface area contributed by atoms with Crippen LogP contribution in [0.15, 0.2) is 49.1 Å². The Kier molecular flexibility index (Phi) is 3.65. The molecule has 0 unspecified atom stereocenters. The molecule has 0 aliphatic carbocycles. The fraction of sp³-hybridized carbons (Fsp3) is 0.125. The summed E-state index contributed by atoms with van der Waals surface area (Å²) in [6.07, 6.45) is 5.03. The van der Waals surface area contributed by atoms with Gasteiger partial charge in [-0.05, 0) is 37.6 Å². The standard InChI is InChI=1S/C16H15N5O/c1-11-5-6-13(12(2)22)8-15(11)19-16-18-10-21(20-16)14-4-3-7-17-9-14/h3-10H,1-2H3,(H,19,20). The Hall–Kier alpha value is -3.02. The minimum absolute atomic E-state index is 0.0249. The smallest absolute Gasteiger partial charge is 0.246 e. The number of anilines is 2. The second-order valence-electron chi connectivity index (χ2n) is 4.93. The van der Waals surface area contributed by atoms with Crippen LogP contribution in [0.1, 0.15) is 22.8 Å². The molecule has 1 N–H and O–H groups in total. The summed E-state index contributed by atoms with van der Waals surface area (Å²) in [6, 6.07) is 9.25. The maximum Gasteiger partial charge on any atom is 0.246 e. The second kappa shape index (κ2) is 5.77. The van der Waals surface area contributed by atoms with Gasteiger partial charge in [0.1, 0.15) is 6.33 Å². The maximum absolute atomic E-state index is 11.5. The van der Waals surface area contributed by atoms with E-state index in [2.05, 4.69) is 20.4 Å². The van der Waals surface area contributed by atoms with Crippen LogP contribution in [0.4, 0.5) is 11.6 Å². The summed E-state index contributed by atoms with van der Waals surface area (Å²) >= 11 is 0. The van der Waals surface area contributed by atoms with Crippen molar-refractivity contribution >= 4 is 17.4 Å². The topological polar surface area (TPSA) is 72.7 Å². The molecule has 2 aromatic heterocycles. The molecule has 1 aromatic carbocycles. The Labute approximate surface area is 127 Å². The maximum atomic E-state index is 11.5. The molecule has 0 radical (unpaired) electrons. The first-order valence-corrected chi connectivity index (χ1v) is 6.84. The van der Waals surface area contributed by atoms with Crippen molar-refractivity contribution in [2.45, 2.75) is 13.8 Å². The molecule has 22 heavy (non-hydrogen) atoms. The van der Waals surface area contributed by atoms with Crippen molar-refractivity contribution in [3.63, 3.8) is 0 Å². The van der Waals surface area contributed by atoms with E-state index in [0.717, 1.165) is 16.9 Å². The lowest BCUT2D eigenvalue weighted by atomic mass is 10.1. The largest absolute Gasteiger partial charge is 0.323 e. The molecule has 0 saturated carbocycles. The first-order chi connectivity index (χ1) is 10.6. The Morgan fingerprint density at radius 2 is 2.14 bits per heavy atom. The molecule has 0 aliphatic heterocycles. The van der Waals surface area contributed by atoms with Crippen LogP contribution in [0.25, 0.3) is 5.69 Å². The minimum Gasteiger partial charge on any atom is -0.323 e. The number of aryl methyl sites for hydroxylation is 1. The van der Waals surface area contributed by atoms with Gasteiger partial charge in [0.05, 0.1) is 11.9 Å². The fourth-order valence-corrected chi connectivity index (χ4v) is 2.03. The summed E-state index contributed by atoms with van der Waals surface area (Å²) in [7, 11) is 0. The summed E-state index contributed by atoms with van der Waals surface area (Å²) in [6.45, 7) is 3.51. The molecule has 0 atom stereocenters. The van der Waals surface area contributed by atoms with E-state index in [1.165, 1.54) is 0 Å². The van der Waals surface area contributed by atoms with E-state index in [0.29, 0.717) is 11.5 Å². The highest BCUT2D eigenvalue weighted by Crippen LogP contribution is 2.20. The second-order valence-corrected chi connectivity index (χ2v) is 4.93. The fourth-order valence-electron chi connectivity index (χ4n) is 2.03. The van der Waals surface area contributed by atoms with Crippen LogP contribution in [0.2, 0.25) is 0 Å². The lowest BCUT2D eigenvalue weighted by molar-refractivity contribution is 0.101. The SMILES string of the molecule is CC(=O)c1ccc(C)c(Nc2ncn(-c3cccnc3)n2)c1. The summed E-state index contributed by atoms with van der Waals surface area (Å²) in [5, 5.41) is 7.50. The molecule has 0 spiro atoms. The normalized spacial score (nSPS) is 10.5. The molecule has 0 aliphatic rings. The van der Waals surface area contributed by atoms with Crippen molar-refractivity contribution in [3.05, 3.63) is 60.2 Å². The average molecular weight is 293 g/mol. The molecule has 3 aromatic rings. The molecule has 110 valence electrons. The zero-order chi connectivity index (χ0) is 15.5. The lowest BCUT2D eigenvalue weighted by Crippen LogP contribution is -2.00. The van der Waals surface area contributed by atoms with Gasteiger partial charge < -0.3 is 5.32 Å². The van der Waals surface area contributed by atoms with Gasteiger partial charge in [-0.25, -0.2) is 4.68 Å². The molecule has 6 heteroatoms. The van der Waals surface area contributed by atoms with Crippen LogP contribution < -0.4 is 5.32 Å². The number of hydrogen-bond donors (Lipinski definition) is 1. The van der Waals surface area contributed by atoms with Crippen molar-refractivity contribution < 1.29 is 4.79 Å². The van der Waals surface area contributed by atoms with Crippen molar-refractivity contribution in [1.82, 2.24) is 19.7 Å². The monoisotopic (exact) mass is 293 g/mol. The van der Waals surface area contributed by atoms with Gasteiger partial charge in [0.15, 0.2) is 5.78 Å². The summed E-state index contributed by atoms with van der Waals surface area (Å²) in [5.74, 6) is 0.490. The number of rotatable bonds is 4. The quantitative estimate of drug-likeness (QED) is 0.749. The van der Waals surface area contributed by atoms with Crippen molar-refractivity contribution in [1.29, 1.82) is 0 Å². The number of nitrogens with zero attached hydrogens (tertiary/aromatic N) is 4. The van der Waals surface area contributed by atoms with Crippen molar-refractivity contribution in [2.24, 2.45) is 0 Å². The molecule has 0 bridgehead atoms. The van der Waals surface area contributed by atoms with E-state index >= 15 is 0 Å². The number of nitrogens with one attached hydrogen (secondary N) is 1. The van der Waals surface area contributed by atoms with Gasteiger partial charge in [-0.1, -0.05) is 12.1 Å². The molecular weight excluding hydrogens is 278 g/mol. The van der Waals surface area contributed by atoms with Crippen molar-refractivity contribution in [2.75, 3.05) is 5.32 Å². The molecule has 0 fully saturated rings. The number of hydrogen-bond acceptors (Lipinski definition) is 5. The first-order valence-electron chi connectivity index (χ1n) is 6.84. The molecule has 0 saturated heterocycles. The first kappa shape index (κ1) is 13.9. The van der Waals surface area contributed by atoms with Gasteiger partial charge in [0.25, 0.3) is 0 Å². The van der Waals surface area contributed by atoms with E-state index in [9.17, 15) is 4.79 Å². The third kappa shape index (κ3) is 2.85. The van der Waals surface area contributed by atoms with E-state index in [1.807, 2.05) is 37.3 Å². The molecular formula is C16H15N5O. The van der Waals surface area contributed by atoms with Crippen LogP contribution in [-0.4, -0.2) is 25.5 Å². The lowest BCUT2D eigenvalue weighted by Gasteiger charge is -2.07. The van der Waals surface area contributed by atoms with Gasteiger partial charge in [-0.3, -0.25) is 9.78 Å². The molecule has 0 amide bonds. The van der Waals surface area contributed by atoms with Gasteiger partial charge in [-0.15, -0.1) is 5.10 Å². The predicted molar refractivity (Wildman–Crippen MR) is 83.6 cm³/mol. The van der Waals surface area contributed by atoms with Crippen LogP contribution in [0, 0.1) is 6.92 Å². The van der Waals surface area contributed by atoms with Gasteiger partial charge in [0, 0.05) is 17.4 Å². The summed E-state index contributed by atoms with van der Waals surface area (Å²) < 4.78 is 1.64. The van der Waals surface area contributed by atoms with Crippen molar-refractivity contribution in [3.8, 4) is 5.69 Å². The summed E-state index contributed by atoms with van der Waals surface area (Å²) in [5.41, 5.74) is 3.32. The third-order valence-electron chi connectivity index (χ3n) is 3.29. The number of carbonyl (C=O) groups excluding carboxylic acids is 1. The number of ketones is 1. The number of benzene rings is 1. The number of Topliss-reactive ketones (excluding diaryl/α,β-unsaturated/α-hetero) is 1. The average Bonchev–Trinajstić information content (AvgIpc) is 2.99. The van der Waals surface area contributed by atoms with Crippen LogP contribution >= 0.6 is 0 Å². The Morgan fingerprint density at radius 1 is 1.27 bits per heavy atom. The Bertz CT molecular complexity index is 810. The highest BCUT2D eigenvalue weighted by molar-refractivity contribution is 5.95. The minimum atomic E-state index is 0.0249. The Balaban J connectivity index is 1.87. The number of aromatic nitrogens is 4. The molecule has 2 heterocycles. The van der Waals surface area contributed by atoms with E-state index in [4.69, 9.17) is 0 Å². The zero-order valence-corrected chi connectivity index (χ0v) is 12.3. The predicted octanol–water partition coefficient (Wildman–Crippen LogP) is 2.92. The molecule has 6 nitrogen and oxygen atoms in total. The Morgan fingerprint density at radius 3 is 2.86 bits per heavy atom. The van der Waals surface area contributed by atoms with Gasteiger partial charge in [-0.2, -0.15) is 4.98 Å². The highest BCUT2D eigenvalue weighted by atomic mass is 16.1. The van der Waals surface area contributed by atoms with E-state index < -0.39 is 0 Å². The van der Waals surface area contributed by atoms with E-state index in [-0.39, 0.29) is 5.78 Å². The van der Waals surface area contributed by atoms with Gasteiger partial charge in [0.2, 0.25) is 5.95 Å². The molecule has 3 rings (SSSR count). The zero-order valence-electron chi connectivity index (χ0n) is 12.3. The number of carbonyl (C=O) groups is 1. The van der Waals surface area contributed by atoms with E-state index in [1.54, 1.807) is 30.3 Å². The summed E-state index contributed by atoms with van der Waals surface area (Å²) in [4.78, 5) is 19.8. The highest BCUT2D eigenvalue weighted by Gasteiger charge is 2.07. The van der Waals surface area contributed by atoms with Crippen LogP contribution in [0.3, 0.4) is 0 Å². The third-order valence-corrected chi connectivity index (χ3v) is 3.29. The van der Waals surface area contributed by atoms with Crippen LogP contribution in [0.5, 0.6) is 0 Å². The van der Waals surface area contributed by atoms with Crippen LogP contribution in [-0.2, 0) is 0 Å².